The van der Waals surface area contributed by atoms with Crippen LogP contribution in [0.1, 0.15) is 28.3 Å². The van der Waals surface area contributed by atoms with Crippen LogP contribution in [0, 0.1) is 12.7 Å². The molecule has 10 heteroatoms. The van der Waals surface area contributed by atoms with Crippen LogP contribution in [0.15, 0.2) is 52.3 Å². The summed E-state index contributed by atoms with van der Waals surface area (Å²) in [5.41, 5.74) is -1.14. The summed E-state index contributed by atoms with van der Waals surface area (Å²) in [4.78, 5) is 25.9. The van der Waals surface area contributed by atoms with Gasteiger partial charge in [-0.05, 0) is 47.9 Å². The highest BCUT2D eigenvalue weighted by Gasteiger charge is 2.38. The largest absolute Gasteiger partial charge is 0.508 e. The highest BCUT2D eigenvalue weighted by molar-refractivity contribution is 7.99. The lowest BCUT2D eigenvalue weighted by Crippen LogP contribution is -2.32. The zero-order valence-corrected chi connectivity index (χ0v) is 18.9. The van der Waals surface area contributed by atoms with Gasteiger partial charge in [0.15, 0.2) is 0 Å². The highest BCUT2D eigenvalue weighted by Crippen LogP contribution is 2.42. The number of nitrogens with zero attached hydrogens (tertiary/aromatic N) is 1. The van der Waals surface area contributed by atoms with E-state index in [0.29, 0.717) is 16.7 Å². The molecule has 1 unspecified atom stereocenters. The summed E-state index contributed by atoms with van der Waals surface area (Å²) in [7, 11) is 1.18. The molecule has 34 heavy (non-hydrogen) atoms. The van der Waals surface area contributed by atoms with Gasteiger partial charge in [-0.2, -0.15) is 13.2 Å². The average Bonchev–Trinajstić information content (AvgIpc) is 3.22. The van der Waals surface area contributed by atoms with Crippen molar-refractivity contribution >= 4 is 17.7 Å². The number of carbonyl (C=O) groups is 1. The van der Waals surface area contributed by atoms with Crippen molar-refractivity contribution in [3.05, 3.63) is 80.9 Å². The monoisotopic (exact) mass is 493 g/mol. The lowest BCUT2D eigenvalue weighted by molar-refractivity contribution is -0.144. The van der Waals surface area contributed by atoms with E-state index in [0.717, 1.165) is 30.0 Å². The van der Waals surface area contributed by atoms with Crippen molar-refractivity contribution < 1.29 is 32.2 Å². The first kappa shape index (κ1) is 23.9. The first-order valence-electron chi connectivity index (χ1n) is 10.2. The maximum atomic E-state index is 14.7. The molecule has 1 aliphatic rings. The number of pyridine rings is 1. The third kappa shape index (κ3) is 4.06. The van der Waals surface area contributed by atoms with Gasteiger partial charge in [-0.3, -0.25) is 9.36 Å². The highest BCUT2D eigenvalue weighted by atomic mass is 32.2. The summed E-state index contributed by atoms with van der Waals surface area (Å²) in [6.45, 7) is 1.57. The average molecular weight is 493 g/mol. The molecular weight excluding hydrogens is 474 g/mol. The van der Waals surface area contributed by atoms with Gasteiger partial charge in [-0.15, -0.1) is 11.8 Å². The van der Waals surface area contributed by atoms with E-state index < -0.39 is 47.1 Å². The molecular formula is C24H19F4NO4S. The van der Waals surface area contributed by atoms with Gasteiger partial charge in [0.25, 0.3) is 5.56 Å². The fraction of sp³-hybridized carbons (Fsp3) is 0.250. The van der Waals surface area contributed by atoms with E-state index in [1.54, 1.807) is 13.0 Å². The lowest BCUT2D eigenvalue weighted by Gasteiger charge is -2.21. The van der Waals surface area contributed by atoms with Crippen LogP contribution in [0.2, 0.25) is 0 Å². The second-order valence-corrected chi connectivity index (χ2v) is 8.81. The molecule has 1 aromatic heterocycles. The van der Waals surface area contributed by atoms with Crippen molar-refractivity contribution in [1.29, 1.82) is 0 Å². The molecule has 0 amide bonds. The summed E-state index contributed by atoms with van der Waals surface area (Å²) in [5.74, 6) is -1.67. The molecule has 0 radical (unpaired) electrons. The number of ether oxygens (including phenoxy) is 1. The normalized spacial score (nSPS) is 15.3. The van der Waals surface area contributed by atoms with Crippen LogP contribution in [0.5, 0.6) is 5.75 Å². The van der Waals surface area contributed by atoms with Crippen LogP contribution in [-0.4, -0.2) is 28.5 Å². The van der Waals surface area contributed by atoms with Crippen LogP contribution in [0.3, 0.4) is 0 Å². The van der Waals surface area contributed by atoms with E-state index in [9.17, 15) is 32.3 Å². The summed E-state index contributed by atoms with van der Waals surface area (Å²) in [5, 5.41) is 10.2. The van der Waals surface area contributed by atoms with Gasteiger partial charge in [0, 0.05) is 17.7 Å². The minimum absolute atomic E-state index is 0.107. The van der Waals surface area contributed by atoms with Gasteiger partial charge >= 0.3 is 12.1 Å². The van der Waals surface area contributed by atoms with Crippen molar-refractivity contribution in [2.75, 3.05) is 12.9 Å². The van der Waals surface area contributed by atoms with Gasteiger partial charge in [0.05, 0.1) is 23.3 Å². The maximum Gasteiger partial charge on any atom is 0.416 e. The Bertz CT molecular complexity index is 1350. The number of hydrogen-bond donors (Lipinski definition) is 1. The van der Waals surface area contributed by atoms with Gasteiger partial charge in [0.2, 0.25) is 0 Å². The smallest absolute Gasteiger partial charge is 0.416 e. The van der Waals surface area contributed by atoms with Crippen molar-refractivity contribution in [2.24, 2.45) is 0 Å². The zero-order valence-electron chi connectivity index (χ0n) is 18.1. The van der Waals surface area contributed by atoms with E-state index in [2.05, 4.69) is 0 Å². The Hall–Kier alpha value is -3.27. The van der Waals surface area contributed by atoms with E-state index >= 15 is 0 Å². The van der Waals surface area contributed by atoms with Gasteiger partial charge in [0.1, 0.15) is 17.6 Å². The fourth-order valence-corrected chi connectivity index (χ4v) is 5.55. The third-order valence-electron chi connectivity index (χ3n) is 5.81. The minimum Gasteiger partial charge on any atom is -0.508 e. The van der Waals surface area contributed by atoms with E-state index in [1.807, 2.05) is 0 Å². The van der Waals surface area contributed by atoms with Gasteiger partial charge < -0.3 is 9.84 Å². The van der Waals surface area contributed by atoms with Crippen molar-refractivity contribution in [3.63, 3.8) is 0 Å². The molecule has 0 bridgehead atoms. The number of halogens is 4. The van der Waals surface area contributed by atoms with Crippen LogP contribution in [0.4, 0.5) is 17.6 Å². The predicted octanol–water partition coefficient (Wildman–Crippen LogP) is 5.10. The van der Waals surface area contributed by atoms with Crippen molar-refractivity contribution in [3.8, 4) is 16.9 Å². The standard InChI is InChI=1S/C24H19F4NO4S/c1-12-15(10-16-17(24(26,27)28)7-4-8-18(16)25)22-29(19(11-34-22)23(32)33-2)21(31)20(12)13-5-3-6-14(30)9-13/h3-9,19,30H,10-11H2,1-2H3. The minimum atomic E-state index is -4.78. The Balaban J connectivity index is 2.02. The molecule has 1 N–H and O–H groups in total. The molecule has 3 aromatic rings. The van der Waals surface area contributed by atoms with Crippen molar-refractivity contribution in [1.82, 2.24) is 4.57 Å². The fourth-order valence-electron chi connectivity index (χ4n) is 4.20. The number of esters is 1. The number of aromatic hydroxyl groups is 1. The first-order chi connectivity index (χ1) is 16.0. The van der Waals surface area contributed by atoms with Crippen LogP contribution < -0.4 is 5.56 Å². The Morgan fingerprint density at radius 1 is 1.21 bits per heavy atom. The maximum absolute atomic E-state index is 14.7. The molecule has 5 nitrogen and oxygen atoms in total. The molecule has 4 rings (SSSR count). The Labute approximate surface area is 196 Å². The molecule has 0 aliphatic carbocycles. The summed E-state index contributed by atoms with van der Waals surface area (Å²) in [6.07, 6.45) is -5.23. The molecule has 1 aliphatic heterocycles. The molecule has 178 valence electrons. The van der Waals surface area contributed by atoms with E-state index in [4.69, 9.17) is 4.74 Å². The topological polar surface area (TPSA) is 68.5 Å². The molecule has 0 fully saturated rings. The van der Waals surface area contributed by atoms with Crippen LogP contribution >= 0.6 is 11.8 Å². The first-order valence-corrected chi connectivity index (χ1v) is 11.2. The number of phenolic OH excluding ortho intramolecular Hbond substituents is 1. The molecule has 1 atom stereocenters. The number of hydrogen-bond acceptors (Lipinski definition) is 5. The summed E-state index contributed by atoms with van der Waals surface area (Å²) < 4.78 is 61.7. The van der Waals surface area contributed by atoms with Crippen molar-refractivity contribution in [2.45, 2.75) is 30.6 Å². The number of methoxy groups -OCH3 is 1. The van der Waals surface area contributed by atoms with E-state index in [-0.39, 0.29) is 22.1 Å². The number of rotatable bonds is 4. The number of benzene rings is 2. The molecule has 0 saturated carbocycles. The number of carbonyl (C=O) groups excluding carboxylic acids is 1. The third-order valence-corrected chi connectivity index (χ3v) is 7.01. The zero-order chi connectivity index (χ0) is 24.8. The Morgan fingerprint density at radius 2 is 1.91 bits per heavy atom. The molecule has 2 aromatic carbocycles. The number of thioether (sulfide) groups is 1. The van der Waals surface area contributed by atoms with Gasteiger partial charge in [-0.1, -0.05) is 18.2 Å². The lowest BCUT2D eigenvalue weighted by atomic mass is 9.92. The second kappa shape index (κ2) is 8.83. The number of aromatic nitrogens is 1. The predicted molar refractivity (Wildman–Crippen MR) is 119 cm³/mol. The molecule has 2 heterocycles. The van der Waals surface area contributed by atoms with E-state index in [1.165, 1.54) is 29.9 Å². The number of phenols is 1. The molecule has 0 spiro atoms. The Kier molecular flexibility index (Phi) is 6.20. The number of fused-ring (bicyclic) bond motifs is 1. The second-order valence-electron chi connectivity index (χ2n) is 7.80. The Morgan fingerprint density at radius 3 is 2.56 bits per heavy atom. The van der Waals surface area contributed by atoms with Gasteiger partial charge in [-0.25, -0.2) is 9.18 Å². The number of alkyl halides is 3. The molecule has 0 saturated heterocycles. The summed E-state index contributed by atoms with van der Waals surface area (Å²) in [6, 6.07) is 7.61. The quantitative estimate of drug-likeness (QED) is 0.405. The summed E-state index contributed by atoms with van der Waals surface area (Å²) >= 11 is 1.13. The van der Waals surface area contributed by atoms with Crippen LogP contribution in [0.25, 0.3) is 11.1 Å². The van der Waals surface area contributed by atoms with Crippen LogP contribution in [-0.2, 0) is 22.1 Å². The SMILES string of the molecule is COC(=O)C1CSc2c(Cc3c(F)cccc3C(F)(F)F)c(C)c(-c3cccc(O)c3)c(=O)n21.